The fraction of sp³-hybridized carbons (Fsp3) is 0.0741. The van der Waals surface area contributed by atoms with Crippen molar-refractivity contribution in [2.24, 2.45) is 0 Å². The number of para-hydroxylation sites is 1. The number of furan rings is 1. The monoisotopic (exact) mass is 449 g/mol. The third-order valence-corrected chi connectivity index (χ3v) is 5.32. The Morgan fingerprint density at radius 1 is 0.794 bits per heavy atom. The lowest BCUT2D eigenvalue weighted by Gasteiger charge is -2.09. The fourth-order valence-electron chi connectivity index (χ4n) is 3.62. The summed E-state index contributed by atoms with van der Waals surface area (Å²) in [5.41, 5.74) is 5.01. The van der Waals surface area contributed by atoms with E-state index >= 15 is 0 Å². The summed E-state index contributed by atoms with van der Waals surface area (Å²) in [6.07, 6.45) is 2.32. The van der Waals surface area contributed by atoms with E-state index < -0.39 is 0 Å². The molecule has 2 aromatic heterocycles. The molecule has 2 heterocycles. The smallest absolute Gasteiger partial charge is 0.323 e. The number of nitrogens with zero attached hydrogens (tertiary/aromatic N) is 2. The summed E-state index contributed by atoms with van der Waals surface area (Å²) in [4.78, 5) is 20.8. The zero-order valence-electron chi connectivity index (χ0n) is 18.4. The number of amides is 2. The summed E-state index contributed by atoms with van der Waals surface area (Å²) in [7, 11) is 0. The van der Waals surface area contributed by atoms with E-state index in [0.29, 0.717) is 17.9 Å². The molecule has 0 bridgehead atoms. The van der Waals surface area contributed by atoms with Crippen LogP contribution in [0.25, 0.3) is 22.4 Å². The normalized spacial score (nSPS) is 10.7. The summed E-state index contributed by atoms with van der Waals surface area (Å²) in [6, 6.07) is 28.7. The van der Waals surface area contributed by atoms with Gasteiger partial charge in [0.1, 0.15) is 17.6 Å². The lowest BCUT2D eigenvalue weighted by atomic mass is 10.1. The highest BCUT2D eigenvalue weighted by atomic mass is 16.3. The van der Waals surface area contributed by atoms with Gasteiger partial charge in [0, 0.05) is 29.5 Å². The molecule has 0 aliphatic rings. The molecule has 0 fully saturated rings. The Labute approximate surface area is 196 Å². The predicted octanol–water partition coefficient (Wildman–Crippen LogP) is 6.19. The van der Waals surface area contributed by atoms with E-state index in [2.05, 4.69) is 25.9 Å². The maximum Gasteiger partial charge on any atom is 0.323 e. The molecule has 0 spiro atoms. The van der Waals surface area contributed by atoms with Crippen LogP contribution in [-0.4, -0.2) is 22.5 Å². The maximum absolute atomic E-state index is 12.1. The number of anilines is 3. The first-order valence-electron chi connectivity index (χ1n) is 11.0. The van der Waals surface area contributed by atoms with Gasteiger partial charge in [0.15, 0.2) is 11.4 Å². The number of hydrogen-bond acceptors (Lipinski definition) is 5. The Morgan fingerprint density at radius 2 is 1.47 bits per heavy atom. The zero-order valence-corrected chi connectivity index (χ0v) is 18.4. The number of carbonyl (C=O) groups excluding carboxylic acids is 1. The van der Waals surface area contributed by atoms with Crippen molar-refractivity contribution in [2.75, 3.05) is 22.5 Å². The van der Waals surface area contributed by atoms with Crippen molar-refractivity contribution in [1.82, 2.24) is 9.97 Å². The number of rotatable bonds is 7. The van der Waals surface area contributed by atoms with Gasteiger partial charge in [0.05, 0.1) is 0 Å². The second kappa shape index (κ2) is 9.87. The molecular weight excluding hydrogens is 426 g/mol. The summed E-state index contributed by atoms with van der Waals surface area (Å²) in [5.74, 6) is 1.43. The first kappa shape index (κ1) is 21.2. The molecule has 3 aromatic carbocycles. The fourth-order valence-corrected chi connectivity index (χ4v) is 3.62. The lowest BCUT2D eigenvalue weighted by molar-refractivity contribution is 0.262. The Hall–Kier alpha value is -4.65. The van der Waals surface area contributed by atoms with E-state index in [0.717, 1.165) is 40.2 Å². The maximum atomic E-state index is 12.1. The van der Waals surface area contributed by atoms with Crippen LogP contribution in [0.15, 0.2) is 102 Å². The van der Waals surface area contributed by atoms with E-state index in [1.165, 1.54) is 6.33 Å². The van der Waals surface area contributed by atoms with E-state index in [9.17, 15) is 4.79 Å². The van der Waals surface area contributed by atoms with Crippen LogP contribution in [0, 0.1) is 0 Å². The van der Waals surface area contributed by atoms with E-state index in [1.54, 1.807) is 0 Å². The van der Waals surface area contributed by atoms with Gasteiger partial charge in [-0.25, -0.2) is 14.8 Å². The lowest BCUT2D eigenvalue weighted by Crippen LogP contribution is -2.19. The molecule has 5 aromatic rings. The van der Waals surface area contributed by atoms with Crippen molar-refractivity contribution in [3.63, 3.8) is 0 Å². The third-order valence-electron chi connectivity index (χ3n) is 5.32. The van der Waals surface area contributed by atoms with Gasteiger partial charge < -0.3 is 20.4 Å². The van der Waals surface area contributed by atoms with Crippen LogP contribution in [0.4, 0.5) is 22.0 Å². The number of urea groups is 1. The number of benzene rings is 3. The molecule has 7 nitrogen and oxygen atoms in total. The molecule has 3 N–H and O–H groups in total. The van der Waals surface area contributed by atoms with Crippen molar-refractivity contribution in [3.8, 4) is 11.3 Å². The number of carbonyl (C=O) groups is 1. The highest BCUT2D eigenvalue weighted by Gasteiger charge is 2.12. The van der Waals surface area contributed by atoms with Crippen LogP contribution in [0.5, 0.6) is 0 Å². The highest BCUT2D eigenvalue weighted by molar-refractivity contribution is 5.99. The molecule has 0 aliphatic carbocycles. The van der Waals surface area contributed by atoms with E-state index in [-0.39, 0.29) is 6.03 Å². The molecule has 0 saturated carbocycles. The Balaban J connectivity index is 1.17. The van der Waals surface area contributed by atoms with Gasteiger partial charge in [-0.05, 0) is 36.2 Å². The van der Waals surface area contributed by atoms with E-state index in [4.69, 9.17) is 4.42 Å². The standard InChI is InChI=1S/C27H23N5O2/c33-27(31-21-9-5-2-6-10-21)32-22-13-11-19(12-14-22)15-16-28-26-25-23(29-18-30-26)17-24(34-25)20-7-3-1-4-8-20/h1-14,17-18H,15-16H2,(H,28,29,30)(H2,31,32,33). The average molecular weight is 450 g/mol. The van der Waals surface area contributed by atoms with Gasteiger partial charge in [-0.2, -0.15) is 0 Å². The SMILES string of the molecule is O=C(Nc1ccccc1)Nc1ccc(CCNc2ncnc3cc(-c4ccccc4)oc23)cc1. The molecule has 0 unspecified atom stereocenters. The molecular formula is C27H23N5O2. The summed E-state index contributed by atoms with van der Waals surface area (Å²) in [5, 5.41) is 8.99. The van der Waals surface area contributed by atoms with E-state index in [1.807, 2.05) is 91.0 Å². The zero-order chi connectivity index (χ0) is 23.2. The molecule has 7 heteroatoms. The minimum Gasteiger partial charge on any atom is -0.450 e. The molecule has 0 saturated heterocycles. The van der Waals surface area contributed by atoms with Crippen molar-refractivity contribution in [3.05, 3.63) is 103 Å². The first-order valence-corrected chi connectivity index (χ1v) is 11.0. The van der Waals surface area contributed by atoms with Crippen LogP contribution < -0.4 is 16.0 Å². The molecule has 0 aliphatic heterocycles. The minimum atomic E-state index is -0.276. The average Bonchev–Trinajstić information content (AvgIpc) is 3.32. The van der Waals surface area contributed by atoms with Crippen LogP contribution in [-0.2, 0) is 6.42 Å². The largest absolute Gasteiger partial charge is 0.450 e. The molecule has 34 heavy (non-hydrogen) atoms. The quantitative estimate of drug-likeness (QED) is 0.276. The predicted molar refractivity (Wildman–Crippen MR) is 135 cm³/mol. The molecule has 0 atom stereocenters. The van der Waals surface area contributed by atoms with Gasteiger partial charge in [0.25, 0.3) is 0 Å². The highest BCUT2D eigenvalue weighted by Crippen LogP contribution is 2.29. The van der Waals surface area contributed by atoms with Crippen molar-refractivity contribution in [2.45, 2.75) is 6.42 Å². The van der Waals surface area contributed by atoms with Crippen molar-refractivity contribution in [1.29, 1.82) is 0 Å². The molecule has 5 rings (SSSR count). The summed E-state index contributed by atoms with van der Waals surface area (Å²) in [6.45, 7) is 0.675. The Kier molecular flexibility index (Phi) is 6.16. The molecule has 168 valence electrons. The number of hydrogen-bond donors (Lipinski definition) is 3. The minimum absolute atomic E-state index is 0.276. The third kappa shape index (κ3) is 5.05. The second-order valence-electron chi connectivity index (χ2n) is 7.73. The number of aromatic nitrogens is 2. The summed E-state index contributed by atoms with van der Waals surface area (Å²) >= 11 is 0. The topological polar surface area (TPSA) is 92.1 Å². The van der Waals surface area contributed by atoms with Crippen LogP contribution >= 0.6 is 0 Å². The van der Waals surface area contributed by atoms with Crippen LogP contribution in [0.2, 0.25) is 0 Å². The number of fused-ring (bicyclic) bond motifs is 1. The van der Waals surface area contributed by atoms with Gasteiger partial charge in [-0.15, -0.1) is 0 Å². The first-order chi connectivity index (χ1) is 16.7. The van der Waals surface area contributed by atoms with Gasteiger partial charge >= 0.3 is 6.03 Å². The molecule has 0 radical (unpaired) electrons. The van der Waals surface area contributed by atoms with Crippen molar-refractivity contribution < 1.29 is 9.21 Å². The second-order valence-corrected chi connectivity index (χ2v) is 7.73. The van der Waals surface area contributed by atoms with Crippen LogP contribution in [0.3, 0.4) is 0 Å². The van der Waals surface area contributed by atoms with Gasteiger partial charge in [-0.1, -0.05) is 60.7 Å². The van der Waals surface area contributed by atoms with Gasteiger partial charge in [-0.3, -0.25) is 0 Å². The van der Waals surface area contributed by atoms with Crippen LogP contribution in [0.1, 0.15) is 5.56 Å². The number of nitrogens with one attached hydrogen (secondary N) is 3. The Morgan fingerprint density at radius 3 is 2.21 bits per heavy atom. The Bertz CT molecular complexity index is 1380. The molecule has 2 amide bonds. The van der Waals surface area contributed by atoms with Gasteiger partial charge in [0.2, 0.25) is 0 Å². The van der Waals surface area contributed by atoms with Crippen molar-refractivity contribution >= 4 is 34.3 Å². The summed E-state index contributed by atoms with van der Waals surface area (Å²) < 4.78 is 6.05.